The third-order valence-corrected chi connectivity index (χ3v) is 3.21. The Hall–Kier alpha value is -0.670. The number of unbranched alkanes of at least 4 members (excludes halogenated alkanes) is 1. The summed E-state index contributed by atoms with van der Waals surface area (Å²) in [5, 5.41) is 17.9. The maximum absolute atomic E-state index is 9.60. The van der Waals surface area contributed by atoms with Crippen molar-refractivity contribution >= 4 is 0 Å². The van der Waals surface area contributed by atoms with Crippen LogP contribution in [0.2, 0.25) is 0 Å². The molecule has 0 aromatic carbocycles. The molecule has 0 spiro atoms. The largest absolute Gasteiger partial charge is 0.388 e. The van der Waals surface area contributed by atoms with Crippen LogP contribution in [0, 0.1) is 11.3 Å². The summed E-state index contributed by atoms with van der Waals surface area (Å²) in [4.78, 5) is 0. The average molecular weight is 273 g/mol. The molecule has 112 valence electrons. The molecule has 5 heteroatoms. The highest BCUT2D eigenvalue weighted by atomic mass is 16.5. The molecule has 0 fully saturated rings. The van der Waals surface area contributed by atoms with Gasteiger partial charge in [-0.05, 0) is 26.2 Å². The van der Waals surface area contributed by atoms with Crippen LogP contribution in [0.3, 0.4) is 0 Å². The first-order valence-corrected chi connectivity index (χ1v) is 6.83. The highest BCUT2D eigenvalue weighted by Gasteiger charge is 2.20. The predicted molar refractivity (Wildman–Crippen MR) is 72.8 cm³/mol. The first-order valence-electron chi connectivity index (χ1n) is 6.83. The maximum Gasteiger partial charge on any atom is 0.101 e. The Kier molecular flexibility index (Phi) is 10.8. The second-order valence-corrected chi connectivity index (χ2v) is 4.82. The minimum Gasteiger partial charge on any atom is -0.388 e. The molecule has 2 atom stereocenters. The molecule has 1 N–H and O–H groups in total. The van der Waals surface area contributed by atoms with E-state index >= 15 is 0 Å². The molecule has 0 rings (SSSR count). The third-order valence-electron chi connectivity index (χ3n) is 3.21. The van der Waals surface area contributed by atoms with Gasteiger partial charge >= 0.3 is 0 Å². The molecule has 2 unspecified atom stereocenters. The van der Waals surface area contributed by atoms with Gasteiger partial charge in [0.2, 0.25) is 0 Å². The van der Waals surface area contributed by atoms with E-state index < -0.39 is 6.10 Å². The zero-order valence-electron chi connectivity index (χ0n) is 12.4. The number of hydrogen-bond acceptors (Lipinski definition) is 5. The Morgan fingerprint density at radius 1 is 1.26 bits per heavy atom. The van der Waals surface area contributed by atoms with Gasteiger partial charge in [-0.25, -0.2) is 0 Å². The SMILES string of the molecule is CCC(C)(CCOCC(O)COCCCC#N)OC. The summed E-state index contributed by atoms with van der Waals surface area (Å²) in [7, 11) is 1.70. The number of aliphatic hydroxyl groups is 1. The first-order chi connectivity index (χ1) is 9.08. The Morgan fingerprint density at radius 2 is 1.89 bits per heavy atom. The Balaban J connectivity index is 3.48. The van der Waals surface area contributed by atoms with E-state index in [1.165, 1.54) is 0 Å². The summed E-state index contributed by atoms with van der Waals surface area (Å²) >= 11 is 0. The monoisotopic (exact) mass is 273 g/mol. The molecule has 0 saturated carbocycles. The zero-order valence-corrected chi connectivity index (χ0v) is 12.4. The van der Waals surface area contributed by atoms with Crippen LogP contribution >= 0.6 is 0 Å². The second-order valence-electron chi connectivity index (χ2n) is 4.82. The summed E-state index contributed by atoms with van der Waals surface area (Å²) in [5.41, 5.74) is -0.154. The fourth-order valence-electron chi connectivity index (χ4n) is 1.45. The van der Waals surface area contributed by atoms with Crippen molar-refractivity contribution in [1.82, 2.24) is 0 Å². The van der Waals surface area contributed by atoms with Gasteiger partial charge in [-0.15, -0.1) is 0 Å². The molecule has 0 aliphatic rings. The van der Waals surface area contributed by atoms with Crippen LogP contribution in [0.25, 0.3) is 0 Å². The lowest BCUT2D eigenvalue weighted by molar-refractivity contribution is -0.0500. The number of ether oxygens (including phenoxy) is 3. The minimum absolute atomic E-state index is 0.154. The predicted octanol–water partition coefficient (Wildman–Crippen LogP) is 1.89. The highest BCUT2D eigenvalue weighted by molar-refractivity contribution is 4.72. The standard InChI is InChI=1S/C14H27NO4/c1-4-14(2,17-3)7-10-19-12-13(16)11-18-9-6-5-8-15/h13,16H,4-7,9-12H2,1-3H3. The Morgan fingerprint density at radius 3 is 2.42 bits per heavy atom. The van der Waals surface area contributed by atoms with E-state index in [2.05, 4.69) is 6.92 Å². The fraction of sp³-hybridized carbons (Fsp3) is 0.929. The fourth-order valence-corrected chi connectivity index (χ4v) is 1.45. The molecular weight excluding hydrogens is 246 g/mol. The van der Waals surface area contributed by atoms with Crippen molar-refractivity contribution in [1.29, 1.82) is 5.26 Å². The number of methoxy groups -OCH3 is 1. The molecular formula is C14H27NO4. The molecule has 0 radical (unpaired) electrons. The van der Waals surface area contributed by atoms with E-state index in [-0.39, 0.29) is 18.8 Å². The third kappa shape index (κ3) is 9.85. The van der Waals surface area contributed by atoms with Crippen molar-refractivity contribution in [2.24, 2.45) is 0 Å². The molecule has 0 amide bonds. The van der Waals surface area contributed by atoms with E-state index in [0.717, 1.165) is 12.8 Å². The lowest BCUT2D eigenvalue weighted by atomic mass is 10.00. The molecule has 19 heavy (non-hydrogen) atoms. The van der Waals surface area contributed by atoms with Crippen molar-refractivity contribution in [3.05, 3.63) is 0 Å². The molecule has 0 heterocycles. The summed E-state index contributed by atoms with van der Waals surface area (Å²) < 4.78 is 16.0. The molecule has 0 bridgehead atoms. The smallest absolute Gasteiger partial charge is 0.101 e. The summed E-state index contributed by atoms with van der Waals surface area (Å²) in [6, 6.07) is 2.04. The molecule has 5 nitrogen and oxygen atoms in total. The minimum atomic E-state index is -0.613. The van der Waals surface area contributed by atoms with Crippen LogP contribution in [0.1, 0.15) is 39.5 Å². The molecule has 0 saturated heterocycles. The van der Waals surface area contributed by atoms with Gasteiger partial charge in [0.1, 0.15) is 6.10 Å². The molecule has 0 aliphatic carbocycles. The van der Waals surface area contributed by atoms with Crippen LogP contribution in [0.15, 0.2) is 0 Å². The van der Waals surface area contributed by atoms with Crippen LogP contribution in [0.4, 0.5) is 0 Å². The van der Waals surface area contributed by atoms with E-state index in [9.17, 15) is 5.11 Å². The van der Waals surface area contributed by atoms with Gasteiger partial charge in [0.25, 0.3) is 0 Å². The van der Waals surface area contributed by atoms with E-state index in [4.69, 9.17) is 19.5 Å². The van der Waals surface area contributed by atoms with Crippen molar-refractivity contribution in [3.63, 3.8) is 0 Å². The zero-order chi connectivity index (χ0) is 14.6. The van der Waals surface area contributed by atoms with Crippen LogP contribution < -0.4 is 0 Å². The maximum atomic E-state index is 9.60. The van der Waals surface area contributed by atoms with E-state index in [1.54, 1.807) is 7.11 Å². The van der Waals surface area contributed by atoms with Gasteiger partial charge in [-0.3, -0.25) is 0 Å². The number of rotatable bonds is 12. The van der Waals surface area contributed by atoms with E-state index in [1.807, 2.05) is 13.0 Å². The number of aliphatic hydroxyl groups excluding tert-OH is 1. The van der Waals surface area contributed by atoms with Crippen molar-refractivity contribution < 1.29 is 19.3 Å². The Labute approximate surface area is 116 Å². The lowest BCUT2D eigenvalue weighted by Gasteiger charge is -2.26. The van der Waals surface area contributed by atoms with Gasteiger partial charge in [0.15, 0.2) is 0 Å². The molecule has 0 aliphatic heterocycles. The van der Waals surface area contributed by atoms with Gasteiger partial charge in [-0.2, -0.15) is 5.26 Å². The first kappa shape index (κ1) is 18.3. The highest BCUT2D eigenvalue weighted by Crippen LogP contribution is 2.18. The van der Waals surface area contributed by atoms with Crippen LogP contribution in [-0.4, -0.2) is 50.3 Å². The topological polar surface area (TPSA) is 71.7 Å². The molecule has 0 aromatic heterocycles. The van der Waals surface area contributed by atoms with Gasteiger partial charge < -0.3 is 19.3 Å². The van der Waals surface area contributed by atoms with Gasteiger partial charge in [-0.1, -0.05) is 6.92 Å². The van der Waals surface area contributed by atoms with Crippen molar-refractivity contribution in [2.75, 3.05) is 33.5 Å². The van der Waals surface area contributed by atoms with Crippen LogP contribution in [0.5, 0.6) is 0 Å². The van der Waals surface area contributed by atoms with Gasteiger partial charge in [0.05, 0.1) is 24.9 Å². The number of nitriles is 1. The molecule has 0 aromatic rings. The second kappa shape index (κ2) is 11.2. The lowest BCUT2D eigenvalue weighted by Crippen LogP contribution is -2.29. The summed E-state index contributed by atoms with van der Waals surface area (Å²) in [6.07, 6.45) is 2.30. The quantitative estimate of drug-likeness (QED) is 0.550. The van der Waals surface area contributed by atoms with E-state index in [0.29, 0.717) is 26.1 Å². The van der Waals surface area contributed by atoms with Crippen molar-refractivity contribution in [2.45, 2.75) is 51.2 Å². The van der Waals surface area contributed by atoms with Crippen LogP contribution in [-0.2, 0) is 14.2 Å². The van der Waals surface area contributed by atoms with Crippen molar-refractivity contribution in [3.8, 4) is 6.07 Å². The summed E-state index contributed by atoms with van der Waals surface area (Å²) in [6.45, 7) is 5.70. The average Bonchev–Trinajstić information content (AvgIpc) is 2.43. The van der Waals surface area contributed by atoms with Gasteiger partial charge in [0, 0.05) is 26.7 Å². The number of nitrogens with zero attached hydrogens (tertiary/aromatic N) is 1. The Bertz CT molecular complexity index is 248. The number of hydrogen-bond donors (Lipinski definition) is 1. The normalized spacial score (nSPS) is 15.7. The summed E-state index contributed by atoms with van der Waals surface area (Å²) in [5.74, 6) is 0.